The summed E-state index contributed by atoms with van der Waals surface area (Å²) < 4.78 is 6.33. The van der Waals surface area contributed by atoms with Crippen molar-refractivity contribution in [2.45, 2.75) is 39.7 Å². The van der Waals surface area contributed by atoms with Crippen LogP contribution in [0.4, 0.5) is 0 Å². The van der Waals surface area contributed by atoms with E-state index in [2.05, 4.69) is 48.1 Å². The molecule has 18 heavy (non-hydrogen) atoms. The fraction of sp³-hybridized carbons (Fsp3) is 0.600. The molecular formula is C15H24BrNO. The summed E-state index contributed by atoms with van der Waals surface area (Å²) >= 11 is 3.63. The van der Waals surface area contributed by atoms with Crippen molar-refractivity contribution in [1.29, 1.82) is 0 Å². The average molecular weight is 314 g/mol. The van der Waals surface area contributed by atoms with Crippen molar-refractivity contribution in [3.05, 3.63) is 28.2 Å². The second-order valence-corrected chi connectivity index (χ2v) is 6.68. The highest BCUT2D eigenvalue weighted by atomic mass is 79.9. The Labute approximate surface area is 119 Å². The van der Waals surface area contributed by atoms with Crippen LogP contribution in [-0.4, -0.2) is 14.2 Å². The number of rotatable bonds is 5. The van der Waals surface area contributed by atoms with Crippen molar-refractivity contribution >= 4 is 15.9 Å². The van der Waals surface area contributed by atoms with E-state index in [0.717, 1.165) is 16.6 Å². The number of methoxy groups -OCH3 is 1. The van der Waals surface area contributed by atoms with E-state index in [0.29, 0.717) is 11.5 Å². The normalized spacial score (nSPS) is 13.4. The van der Waals surface area contributed by atoms with E-state index in [-0.39, 0.29) is 0 Å². The van der Waals surface area contributed by atoms with Gasteiger partial charge < -0.3 is 10.1 Å². The minimum atomic E-state index is 0.369. The quantitative estimate of drug-likeness (QED) is 0.861. The van der Waals surface area contributed by atoms with E-state index in [1.54, 1.807) is 7.11 Å². The summed E-state index contributed by atoms with van der Waals surface area (Å²) in [5.41, 5.74) is 1.66. The van der Waals surface area contributed by atoms with E-state index in [1.165, 1.54) is 12.0 Å². The van der Waals surface area contributed by atoms with Crippen LogP contribution in [0.2, 0.25) is 0 Å². The first-order valence-electron chi connectivity index (χ1n) is 6.38. The Morgan fingerprint density at radius 1 is 1.33 bits per heavy atom. The molecule has 0 saturated carbocycles. The molecule has 3 heteroatoms. The molecule has 0 fully saturated rings. The molecule has 0 aromatic heterocycles. The van der Waals surface area contributed by atoms with Crippen molar-refractivity contribution < 1.29 is 4.74 Å². The molecule has 1 rings (SSSR count). The molecule has 0 amide bonds. The number of ether oxygens (including phenoxy) is 1. The van der Waals surface area contributed by atoms with Crippen molar-refractivity contribution in [2.24, 2.45) is 5.41 Å². The van der Waals surface area contributed by atoms with Gasteiger partial charge in [0, 0.05) is 10.5 Å². The molecule has 0 aliphatic heterocycles. The van der Waals surface area contributed by atoms with E-state index in [1.807, 2.05) is 19.2 Å². The number of nitrogens with one attached hydrogen (secondary N) is 1. The minimum absolute atomic E-state index is 0.369. The van der Waals surface area contributed by atoms with Gasteiger partial charge in [-0.05, 0) is 43.0 Å². The van der Waals surface area contributed by atoms with Crippen molar-refractivity contribution in [3.8, 4) is 5.75 Å². The van der Waals surface area contributed by atoms with Crippen molar-refractivity contribution in [1.82, 2.24) is 5.32 Å². The Morgan fingerprint density at radius 3 is 2.44 bits per heavy atom. The first kappa shape index (κ1) is 15.5. The van der Waals surface area contributed by atoms with Gasteiger partial charge in [0.2, 0.25) is 0 Å². The molecule has 0 heterocycles. The van der Waals surface area contributed by atoms with Crippen LogP contribution in [0.3, 0.4) is 0 Å². The van der Waals surface area contributed by atoms with Crippen LogP contribution in [0.15, 0.2) is 22.7 Å². The first-order chi connectivity index (χ1) is 8.37. The van der Waals surface area contributed by atoms with Gasteiger partial charge in [-0.15, -0.1) is 0 Å². The molecule has 1 aromatic rings. The molecule has 0 bridgehead atoms. The van der Waals surface area contributed by atoms with E-state index >= 15 is 0 Å². The topological polar surface area (TPSA) is 21.3 Å². The molecule has 102 valence electrons. The van der Waals surface area contributed by atoms with Gasteiger partial charge in [0.05, 0.1) is 7.11 Å². The Morgan fingerprint density at radius 2 is 2.00 bits per heavy atom. The molecule has 1 N–H and O–H groups in total. The summed E-state index contributed by atoms with van der Waals surface area (Å²) in [7, 11) is 3.71. The summed E-state index contributed by atoms with van der Waals surface area (Å²) in [4.78, 5) is 0. The maximum absolute atomic E-state index is 5.23. The number of benzene rings is 1. The average Bonchev–Trinajstić information content (AvgIpc) is 2.30. The third-order valence-corrected chi connectivity index (χ3v) is 3.80. The van der Waals surface area contributed by atoms with Gasteiger partial charge in [0.25, 0.3) is 0 Å². The zero-order chi connectivity index (χ0) is 13.8. The number of hydrogen-bond acceptors (Lipinski definition) is 2. The highest BCUT2D eigenvalue weighted by Gasteiger charge is 2.17. The van der Waals surface area contributed by atoms with Crippen LogP contribution in [0.1, 0.15) is 45.2 Å². The van der Waals surface area contributed by atoms with Gasteiger partial charge >= 0.3 is 0 Å². The lowest BCUT2D eigenvalue weighted by Gasteiger charge is -2.24. The van der Waals surface area contributed by atoms with Gasteiger partial charge in [-0.2, -0.15) is 0 Å². The lowest BCUT2D eigenvalue weighted by molar-refractivity contribution is 0.337. The Kier molecular flexibility index (Phi) is 5.67. The standard InChI is InChI=1S/C15H24BrNO/c1-15(2,3)9-8-14(17-4)12-7-6-11(18-5)10-13(12)16/h6-7,10,14,17H,8-9H2,1-5H3. The Bertz CT molecular complexity index is 385. The fourth-order valence-electron chi connectivity index (χ4n) is 1.95. The van der Waals surface area contributed by atoms with Gasteiger partial charge in [0.15, 0.2) is 0 Å². The van der Waals surface area contributed by atoms with E-state index in [9.17, 15) is 0 Å². The highest BCUT2D eigenvalue weighted by Crippen LogP contribution is 2.32. The van der Waals surface area contributed by atoms with Gasteiger partial charge in [-0.25, -0.2) is 0 Å². The van der Waals surface area contributed by atoms with Crippen molar-refractivity contribution in [3.63, 3.8) is 0 Å². The maximum Gasteiger partial charge on any atom is 0.120 e. The molecule has 2 nitrogen and oxygen atoms in total. The molecule has 1 aromatic carbocycles. The molecule has 0 saturated heterocycles. The monoisotopic (exact) mass is 313 g/mol. The maximum atomic E-state index is 5.23. The Hall–Kier alpha value is -0.540. The molecule has 1 unspecified atom stereocenters. The minimum Gasteiger partial charge on any atom is -0.497 e. The summed E-state index contributed by atoms with van der Waals surface area (Å²) in [6.45, 7) is 6.84. The second kappa shape index (κ2) is 6.58. The smallest absolute Gasteiger partial charge is 0.120 e. The summed E-state index contributed by atoms with van der Waals surface area (Å²) in [6.07, 6.45) is 2.32. The third kappa shape index (κ3) is 4.62. The summed E-state index contributed by atoms with van der Waals surface area (Å²) in [5, 5.41) is 3.40. The number of halogens is 1. The largest absolute Gasteiger partial charge is 0.497 e. The second-order valence-electron chi connectivity index (χ2n) is 5.83. The van der Waals surface area contributed by atoms with Gasteiger partial charge in [0.1, 0.15) is 5.75 Å². The lowest BCUT2D eigenvalue weighted by Crippen LogP contribution is -2.19. The number of hydrogen-bond donors (Lipinski definition) is 1. The highest BCUT2D eigenvalue weighted by molar-refractivity contribution is 9.10. The zero-order valence-corrected chi connectivity index (χ0v) is 13.6. The molecule has 0 aliphatic rings. The molecule has 0 aliphatic carbocycles. The Balaban J connectivity index is 2.82. The van der Waals surface area contributed by atoms with Crippen LogP contribution >= 0.6 is 15.9 Å². The molecule has 0 radical (unpaired) electrons. The molecule has 1 atom stereocenters. The zero-order valence-electron chi connectivity index (χ0n) is 12.0. The van der Waals surface area contributed by atoms with E-state index < -0.39 is 0 Å². The molecular weight excluding hydrogens is 290 g/mol. The van der Waals surface area contributed by atoms with Crippen LogP contribution < -0.4 is 10.1 Å². The van der Waals surface area contributed by atoms with Gasteiger partial charge in [-0.3, -0.25) is 0 Å². The molecule has 0 spiro atoms. The van der Waals surface area contributed by atoms with E-state index in [4.69, 9.17) is 4.74 Å². The summed E-state index contributed by atoms with van der Waals surface area (Å²) in [6, 6.07) is 6.55. The predicted molar refractivity (Wildman–Crippen MR) is 81.2 cm³/mol. The SMILES string of the molecule is CNC(CCC(C)(C)C)c1ccc(OC)cc1Br. The lowest BCUT2D eigenvalue weighted by atomic mass is 9.87. The first-order valence-corrected chi connectivity index (χ1v) is 7.17. The van der Waals surface area contributed by atoms with Crippen molar-refractivity contribution in [2.75, 3.05) is 14.2 Å². The third-order valence-electron chi connectivity index (χ3n) is 3.11. The van der Waals surface area contributed by atoms with Crippen LogP contribution in [-0.2, 0) is 0 Å². The van der Waals surface area contributed by atoms with Crippen LogP contribution in [0.25, 0.3) is 0 Å². The van der Waals surface area contributed by atoms with Gasteiger partial charge in [-0.1, -0.05) is 42.8 Å². The van der Waals surface area contributed by atoms with Crippen LogP contribution in [0, 0.1) is 5.41 Å². The van der Waals surface area contributed by atoms with Crippen LogP contribution in [0.5, 0.6) is 5.75 Å². The summed E-state index contributed by atoms with van der Waals surface area (Å²) in [5.74, 6) is 0.885. The predicted octanol–water partition coefficient (Wildman–Crippen LogP) is 4.54. The fourth-order valence-corrected chi connectivity index (χ4v) is 2.58.